The van der Waals surface area contributed by atoms with Crippen LogP contribution in [0.1, 0.15) is 140 Å². The normalized spacial score (nSPS) is 18.4. The van der Waals surface area contributed by atoms with E-state index in [4.69, 9.17) is 10.5 Å². The number of Topliss-reactive ketones (excluding diaryl/α,β-unsaturated/α-hetero) is 2. The lowest BCUT2D eigenvalue weighted by Crippen LogP contribution is -2.57. The Kier molecular flexibility index (Phi) is 25.7. The number of carbonyl (C=O) groups is 11. The number of thiazole rings is 1. The molecule has 0 radical (unpaired) electrons. The van der Waals surface area contributed by atoms with Gasteiger partial charge in [-0.3, -0.25) is 67.1 Å². The van der Waals surface area contributed by atoms with Crippen LogP contribution >= 0.6 is 11.3 Å². The third kappa shape index (κ3) is 20.0. The Bertz CT molecular complexity index is 2920. The van der Waals surface area contributed by atoms with Gasteiger partial charge in [-0.15, -0.1) is 11.3 Å². The summed E-state index contributed by atoms with van der Waals surface area (Å²) < 4.78 is 42.7. The summed E-state index contributed by atoms with van der Waals surface area (Å²) >= 11 is 1.03. The third-order valence-corrected chi connectivity index (χ3v) is 17.6. The molecule has 0 bridgehead atoms. The number of nitrogens with two attached hydrogens (primary N) is 1. The number of esters is 1. The molecule has 2 aromatic rings. The highest BCUT2D eigenvalue weighted by Gasteiger charge is 2.42. The van der Waals surface area contributed by atoms with Crippen molar-refractivity contribution in [3.8, 4) is 5.75 Å². The Hall–Kier alpha value is -6.97. The van der Waals surface area contributed by atoms with Crippen molar-refractivity contribution in [2.45, 2.75) is 149 Å². The molecule has 474 valence electrons. The zero-order valence-electron chi connectivity index (χ0n) is 50.9. The molecule has 0 spiro atoms. The van der Waals surface area contributed by atoms with Gasteiger partial charge in [0.1, 0.15) is 22.5 Å². The summed E-state index contributed by atoms with van der Waals surface area (Å²) in [5.41, 5.74) is 5.72. The van der Waals surface area contributed by atoms with E-state index in [1.807, 2.05) is 39.6 Å². The Morgan fingerprint density at radius 3 is 2.02 bits per heavy atom. The number of aromatic nitrogens is 1. The Morgan fingerprint density at radius 2 is 1.48 bits per heavy atom. The van der Waals surface area contributed by atoms with E-state index < -0.39 is 106 Å². The van der Waals surface area contributed by atoms with Crippen LogP contribution in [-0.4, -0.2) is 197 Å². The molecule has 2 saturated heterocycles. The average Bonchev–Trinajstić information content (AvgIpc) is 3.08. The Morgan fingerprint density at radius 1 is 0.860 bits per heavy atom. The van der Waals surface area contributed by atoms with Crippen LogP contribution < -0.4 is 15.2 Å². The van der Waals surface area contributed by atoms with E-state index in [1.165, 1.54) is 55.8 Å². The maximum Gasteiger partial charge on any atom is 0.446 e. The molecule has 8 amide bonds. The molecule has 9 atom stereocenters. The fourth-order valence-corrected chi connectivity index (χ4v) is 12.0. The van der Waals surface area contributed by atoms with Gasteiger partial charge >= 0.3 is 16.4 Å². The number of nitrogens with one attached hydrogen (secondary N) is 1. The largest absolute Gasteiger partial charge is 0.455 e. The number of ketones is 2. The van der Waals surface area contributed by atoms with Gasteiger partial charge in [-0.05, 0) is 68.2 Å². The van der Waals surface area contributed by atoms with Crippen molar-refractivity contribution in [1.29, 1.82) is 0 Å². The van der Waals surface area contributed by atoms with Crippen molar-refractivity contribution >= 4 is 86.5 Å². The van der Waals surface area contributed by atoms with Gasteiger partial charge in [-0.2, -0.15) is 8.42 Å². The number of hydrogen-bond acceptors (Lipinski definition) is 18. The summed E-state index contributed by atoms with van der Waals surface area (Å²) in [6.07, 6.45) is 2.44. The van der Waals surface area contributed by atoms with Gasteiger partial charge in [0.15, 0.2) is 17.7 Å². The standard InChI is InChI=1S/C59H85N9O16S2/c1-11-37(6)42(31-48(71)46-33-63(46)8)57(77)64(9)44(35(2)3)32-49(83-38(7)69)56-61-43(34-85-56)58(78)65(10)45(29-39-18-20-41(21-19-39)84-86(80,81)82)47(70)30-40(15-12-13-16-50(60)72)55(76)62-54(36(4)5)59(79)67-27-25-66(26-28-67)51(73)17-14-24-68-52(74)22-23-53(68)75/h18-23,34-37,40,42,44-46,49,54H,11-17,24-33H2,1-10H3,(H2,60,72)(H,62,76)(H,80,81,82)/t37-,40+,42?,44+,45-,46?,49+,54-,63?/m0/s1. The molecule has 25 nitrogen and oxygen atoms in total. The molecular formula is C59H85N9O16S2. The Balaban J connectivity index is 1.37. The molecule has 2 fully saturated rings. The Labute approximate surface area is 507 Å². The SMILES string of the molecule is CC[C@H](C)C(CC(=O)C1CN1C)C(=O)N(C)[C@H](C[C@@H](OC(C)=O)c1nc(C(=O)N(C)[C@@H](Cc2ccc(OS(=O)(=O)O)cc2)C(=O)C[C@@H](CCCCC(N)=O)C(=O)N[C@H](C(=O)N2CCN(C(=O)CCCN3C(=O)C=CC3=O)CC2)C(C)C)cs1)C(C)C. The first kappa shape index (κ1) is 69.8. The number of primary amides is 1. The monoisotopic (exact) mass is 1240 g/mol. The summed E-state index contributed by atoms with van der Waals surface area (Å²) in [5, 5.41) is 4.55. The topological polar surface area (TPSA) is 331 Å². The molecule has 3 aliphatic heterocycles. The molecule has 27 heteroatoms. The highest BCUT2D eigenvalue weighted by molar-refractivity contribution is 7.81. The van der Waals surface area contributed by atoms with Crippen LogP contribution in [0.4, 0.5) is 0 Å². The van der Waals surface area contributed by atoms with Crippen LogP contribution in [0, 0.1) is 29.6 Å². The van der Waals surface area contributed by atoms with Gasteiger partial charge in [0.2, 0.25) is 29.5 Å². The molecule has 4 N–H and O–H groups in total. The quantitative estimate of drug-likeness (QED) is 0.0296. The maximum atomic E-state index is 15.0. The second-order valence-electron chi connectivity index (χ2n) is 23.4. The van der Waals surface area contributed by atoms with Crippen molar-refractivity contribution in [3.05, 3.63) is 58.1 Å². The molecule has 86 heavy (non-hydrogen) atoms. The predicted octanol–water partition coefficient (Wildman–Crippen LogP) is 3.56. The molecule has 0 saturated carbocycles. The minimum absolute atomic E-state index is 0.00324. The molecule has 1 aromatic carbocycles. The summed E-state index contributed by atoms with van der Waals surface area (Å²) in [6.45, 7) is 13.9. The molecule has 0 aliphatic carbocycles. The van der Waals surface area contributed by atoms with Gasteiger partial charge < -0.3 is 39.6 Å². The van der Waals surface area contributed by atoms with E-state index in [2.05, 4.69) is 14.5 Å². The molecule has 3 unspecified atom stereocenters. The summed E-state index contributed by atoms with van der Waals surface area (Å²) in [6, 6.07) is 2.19. The highest BCUT2D eigenvalue weighted by Crippen LogP contribution is 2.34. The number of unbranched alkanes of at least 4 members (excludes halogenated alkanes) is 1. The van der Waals surface area contributed by atoms with Gasteiger partial charge in [0.25, 0.3) is 17.7 Å². The number of amides is 8. The molecular weight excluding hydrogens is 1150 g/mol. The number of hydrogen-bond donors (Lipinski definition) is 3. The number of rotatable bonds is 34. The maximum absolute atomic E-state index is 15.0. The molecule has 4 heterocycles. The lowest BCUT2D eigenvalue weighted by Gasteiger charge is -2.37. The lowest BCUT2D eigenvalue weighted by atomic mass is 9.84. The molecule has 3 aliphatic rings. The van der Waals surface area contributed by atoms with Gasteiger partial charge in [0, 0.05) is 128 Å². The number of piperazine rings is 1. The van der Waals surface area contributed by atoms with Crippen LogP contribution in [0.2, 0.25) is 0 Å². The van der Waals surface area contributed by atoms with Gasteiger partial charge in [-0.1, -0.05) is 66.5 Å². The van der Waals surface area contributed by atoms with Crippen molar-refractivity contribution in [1.82, 2.24) is 39.7 Å². The number of nitrogens with zero attached hydrogens (tertiary/aromatic N) is 7. The number of likely N-dealkylation sites (N-methyl/N-ethyl adjacent to an activating group) is 2. The highest BCUT2D eigenvalue weighted by atomic mass is 32.3. The van der Waals surface area contributed by atoms with Crippen LogP contribution in [-0.2, 0) is 69.5 Å². The van der Waals surface area contributed by atoms with Gasteiger partial charge in [0.05, 0.1) is 12.1 Å². The van der Waals surface area contributed by atoms with E-state index in [0.717, 1.165) is 21.1 Å². The minimum Gasteiger partial charge on any atom is -0.455 e. The van der Waals surface area contributed by atoms with Crippen LogP contribution in [0.25, 0.3) is 0 Å². The zero-order chi connectivity index (χ0) is 63.9. The van der Waals surface area contributed by atoms with Crippen molar-refractivity contribution in [3.63, 3.8) is 0 Å². The molecule has 5 rings (SSSR count). The van der Waals surface area contributed by atoms with E-state index in [1.54, 1.807) is 35.6 Å². The first-order valence-corrected chi connectivity index (χ1v) is 31.5. The van der Waals surface area contributed by atoms with E-state index in [9.17, 15) is 65.7 Å². The zero-order valence-corrected chi connectivity index (χ0v) is 52.6. The van der Waals surface area contributed by atoms with Crippen LogP contribution in [0.3, 0.4) is 0 Å². The first-order chi connectivity index (χ1) is 40.4. The summed E-state index contributed by atoms with van der Waals surface area (Å²) in [7, 11) is 0.00270. The smallest absolute Gasteiger partial charge is 0.446 e. The van der Waals surface area contributed by atoms with E-state index >= 15 is 0 Å². The van der Waals surface area contributed by atoms with Crippen LogP contribution in [0.15, 0.2) is 41.8 Å². The third-order valence-electron chi connectivity index (χ3n) is 16.3. The minimum atomic E-state index is -4.89. The van der Waals surface area contributed by atoms with Gasteiger partial charge in [-0.25, -0.2) is 4.98 Å². The average molecular weight is 1240 g/mol. The van der Waals surface area contributed by atoms with Crippen molar-refractivity contribution in [2.24, 2.45) is 35.3 Å². The second kappa shape index (κ2) is 31.6. The fraction of sp³-hybridized carbons (Fsp3) is 0.627. The predicted molar refractivity (Wildman–Crippen MR) is 316 cm³/mol. The fourth-order valence-electron chi connectivity index (χ4n) is 10.8. The van der Waals surface area contributed by atoms with E-state index in [-0.39, 0.29) is 142 Å². The van der Waals surface area contributed by atoms with E-state index in [0.29, 0.717) is 18.5 Å². The lowest BCUT2D eigenvalue weighted by molar-refractivity contribution is -0.149. The number of benzene rings is 1. The van der Waals surface area contributed by atoms with Crippen molar-refractivity contribution < 1.29 is 74.6 Å². The molecule has 1 aromatic heterocycles. The first-order valence-electron chi connectivity index (χ1n) is 29.3. The second-order valence-corrected chi connectivity index (χ2v) is 25.3. The summed E-state index contributed by atoms with van der Waals surface area (Å²) in [4.78, 5) is 161. The summed E-state index contributed by atoms with van der Waals surface area (Å²) in [5.74, 6) is -7.58. The number of imide groups is 1. The van der Waals surface area contributed by atoms with Crippen LogP contribution in [0.5, 0.6) is 5.75 Å². The number of ether oxygens (including phenoxy) is 1. The van der Waals surface area contributed by atoms with Crippen molar-refractivity contribution in [2.75, 3.05) is 60.4 Å². The number of carbonyl (C=O) groups excluding carboxylic acids is 11.